The van der Waals surface area contributed by atoms with Crippen molar-refractivity contribution in [2.75, 3.05) is 13.2 Å². The van der Waals surface area contributed by atoms with Crippen molar-refractivity contribution in [3.05, 3.63) is 60.1 Å². The molecule has 2 N–H and O–H groups in total. The molecule has 1 fully saturated rings. The van der Waals surface area contributed by atoms with Crippen LogP contribution in [0.5, 0.6) is 0 Å². The molecule has 1 amide bonds. The Morgan fingerprint density at radius 2 is 1.90 bits per heavy atom. The van der Waals surface area contributed by atoms with Gasteiger partial charge in [0, 0.05) is 37.4 Å². The number of amides is 1. The van der Waals surface area contributed by atoms with E-state index in [0.717, 1.165) is 10.9 Å². The van der Waals surface area contributed by atoms with Crippen molar-refractivity contribution in [2.24, 2.45) is 0 Å². The number of benzene rings is 1. The van der Waals surface area contributed by atoms with Gasteiger partial charge < -0.3 is 14.5 Å². The van der Waals surface area contributed by atoms with Crippen LogP contribution in [-0.2, 0) is 21.3 Å². The molecule has 8 nitrogen and oxygen atoms in total. The third-order valence-electron chi connectivity index (χ3n) is 4.78. The maximum atomic E-state index is 12.5. The van der Waals surface area contributed by atoms with Crippen LogP contribution in [-0.4, -0.2) is 38.6 Å². The zero-order chi connectivity index (χ0) is 20.3. The van der Waals surface area contributed by atoms with Gasteiger partial charge in [0.2, 0.25) is 10.0 Å². The highest BCUT2D eigenvalue weighted by Gasteiger charge is 2.22. The van der Waals surface area contributed by atoms with Crippen LogP contribution in [0.1, 0.15) is 29.0 Å². The first kappa shape index (κ1) is 19.6. The van der Waals surface area contributed by atoms with Crippen LogP contribution in [0, 0.1) is 0 Å². The van der Waals surface area contributed by atoms with E-state index in [-0.39, 0.29) is 29.1 Å². The fourth-order valence-electron chi connectivity index (χ4n) is 3.16. The van der Waals surface area contributed by atoms with Crippen LogP contribution in [0.15, 0.2) is 58.1 Å². The predicted octanol–water partition coefficient (Wildman–Crippen LogP) is 2.22. The summed E-state index contributed by atoms with van der Waals surface area (Å²) >= 11 is 0. The SMILES string of the molecule is O=C(NCc1ccc(S(=O)(=O)NC2CCOCC2)cc1)c1cc2ccncc2o1. The van der Waals surface area contributed by atoms with Gasteiger partial charge in [-0.1, -0.05) is 12.1 Å². The molecular formula is C20H21N3O5S. The van der Waals surface area contributed by atoms with Crippen LogP contribution < -0.4 is 10.0 Å². The summed E-state index contributed by atoms with van der Waals surface area (Å²) in [5.74, 6) is -0.146. The first-order valence-corrected chi connectivity index (χ1v) is 10.8. The van der Waals surface area contributed by atoms with Crippen molar-refractivity contribution in [3.8, 4) is 0 Å². The number of nitrogens with zero attached hydrogens (tertiary/aromatic N) is 1. The smallest absolute Gasteiger partial charge is 0.287 e. The average molecular weight is 415 g/mol. The molecule has 152 valence electrons. The first-order valence-electron chi connectivity index (χ1n) is 9.32. The molecule has 2 aromatic heterocycles. The normalized spacial score (nSPS) is 15.4. The number of carbonyl (C=O) groups is 1. The quantitative estimate of drug-likeness (QED) is 0.639. The summed E-state index contributed by atoms with van der Waals surface area (Å²) < 4.78 is 38.5. The van der Waals surface area contributed by atoms with E-state index in [4.69, 9.17) is 9.15 Å². The Balaban J connectivity index is 1.37. The number of hydrogen-bond donors (Lipinski definition) is 2. The van der Waals surface area contributed by atoms with Gasteiger partial charge in [-0.2, -0.15) is 0 Å². The summed E-state index contributed by atoms with van der Waals surface area (Å²) in [6.45, 7) is 1.38. The monoisotopic (exact) mass is 415 g/mol. The molecule has 0 radical (unpaired) electrons. The molecule has 29 heavy (non-hydrogen) atoms. The summed E-state index contributed by atoms with van der Waals surface area (Å²) in [5, 5.41) is 3.57. The van der Waals surface area contributed by atoms with Gasteiger partial charge in [-0.05, 0) is 42.7 Å². The molecule has 0 aliphatic carbocycles. The Labute approximate surface area is 168 Å². The average Bonchev–Trinajstić information content (AvgIpc) is 3.17. The van der Waals surface area contributed by atoms with E-state index < -0.39 is 10.0 Å². The van der Waals surface area contributed by atoms with Crippen LogP contribution in [0.2, 0.25) is 0 Å². The van der Waals surface area contributed by atoms with Gasteiger partial charge in [-0.25, -0.2) is 13.1 Å². The van der Waals surface area contributed by atoms with Crippen LogP contribution in [0.3, 0.4) is 0 Å². The third kappa shape index (κ3) is 4.64. The highest BCUT2D eigenvalue weighted by molar-refractivity contribution is 7.89. The lowest BCUT2D eigenvalue weighted by molar-refractivity contribution is 0.0832. The number of ether oxygens (including phenoxy) is 1. The second kappa shape index (κ2) is 8.32. The van der Waals surface area contributed by atoms with Crippen LogP contribution in [0.4, 0.5) is 0 Å². The predicted molar refractivity (Wildman–Crippen MR) is 106 cm³/mol. The topological polar surface area (TPSA) is 111 Å². The Kier molecular flexibility index (Phi) is 5.61. The molecule has 0 unspecified atom stereocenters. The Bertz CT molecular complexity index is 1070. The molecule has 3 heterocycles. The molecule has 3 aromatic rings. The molecule has 1 aliphatic heterocycles. The van der Waals surface area contributed by atoms with Crippen molar-refractivity contribution in [3.63, 3.8) is 0 Å². The zero-order valence-electron chi connectivity index (χ0n) is 15.6. The number of hydrogen-bond acceptors (Lipinski definition) is 6. The molecule has 0 atom stereocenters. The molecular weight excluding hydrogens is 394 g/mol. The lowest BCUT2D eigenvalue weighted by Gasteiger charge is -2.23. The molecule has 0 spiro atoms. The van der Waals surface area contributed by atoms with E-state index >= 15 is 0 Å². The number of carbonyl (C=O) groups excluding carboxylic acids is 1. The summed E-state index contributed by atoms with van der Waals surface area (Å²) in [6.07, 6.45) is 4.52. The minimum Gasteiger partial charge on any atom is -0.449 e. The second-order valence-electron chi connectivity index (χ2n) is 6.86. The van der Waals surface area contributed by atoms with Crippen LogP contribution >= 0.6 is 0 Å². The number of nitrogens with one attached hydrogen (secondary N) is 2. The van der Waals surface area contributed by atoms with E-state index in [1.165, 1.54) is 12.1 Å². The molecule has 0 saturated carbocycles. The molecule has 1 aromatic carbocycles. The van der Waals surface area contributed by atoms with Crippen molar-refractivity contribution >= 4 is 26.9 Å². The summed E-state index contributed by atoms with van der Waals surface area (Å²) in [5.41, 5.74) is 1.32. The largest absolute Gasteiger partial charge is 0.449 e. The summed E-state index contributed by atoms with van der Waals surface area (Å²) in [6, 6.07) is 9.76. The van der Waals surface area contributed by atoms with E-state index in [0.29, 0.717) is 31.6 Å². The van der Waals surface area contributed by atoms with E-state index in [9.17, 15) is 13.2 Å². The molecule has 1 aliphatic rings. The molecule has 0 bridgehead atoms. The minimum atomic E-state index is -3.58. The van der Waals surface area contributed by atoms with Gasteiger partial charge in [-0.3, -0.25) is 9.78 Å². The summed E-state index contributed by atoms with van der Waals surface area (Å²) in [7, 11) is -3.58. The van der Waals surface area contributed by atoms with Crippen molar-refractivity contribution in [2.45, 2.75) is 30.3 Å². The maximum Gasteiger partial charge on any atom is 0.287 e. The van der Waals surface area contributed by atoms with Gasteiger partial charge >= 0.3 is 0 Å². The van der Waals surface area contributed by atoms with Crippen molar-refractivity contribution in [1.82, 2.24) is 15.0 Å². The maximum absolute atomic E-state index is 12.5. The van der Waals surface area contributed by atoms with Gasteiger partial charge in [0.1, 0.15) is 0 Å². The first-order chi connectivity index (χ1) is 14.0. The minimum absolute atomic E-state index is 0.105. The van der Waals surface area contributed by atoms with E-state index in [2.05, 4.69) is 15.0 Å². The molecule has 4 rings (SSSR count). The standard InChI is InChI=1S/C20H21N3O5S/c24-20(18-11-15-5-8-21-13-19(15)28-18)22-12-14-1-3-17(4-2-14)29(25,26)23-16-6-9-27-10-7-16/h1-5,8,11,13,16,23H,6-7,9-10,12H2,(H,22,24). The number of sulfonamides is 1. The highest BCUT2D eigenvalue weighted by Crippen LogP contribution is 2.18. The van der Waals surface area contributed by atoms with Gasteiger partial charge in [0.15, 0.2) is 11.3 Å². The van der Waals surface area contributed by atoms with Gasteiger partial charge in [-0.15, -0.1) is 0 Å². The lowest BCUT2D eigenvalue weighted by Crippen LogP contribution is -2.38. The van der Waals surface area contributed by atoms with Gasteiger partial charge in [0.05, 0.1) is 11.1 Å². The Morgan fingerprint density at radius 3 is 2.62 bits per heavy atom. The fraction of sp³-hybridized carbons (Fsp3) is 0.300. The third-order valence-corrected chi connectivity index (χ3v) is 6.31. The van der Waals surface area contributed by atoms with Gasteiger partial charge in [0.25, 0.3) is 5.91 Å². The number of rotatable bonds is 6. The number of pyridine rings is 1. The molecule has 1 saturated heterocycles. The summed E-state index contributed by atoms with van der Waals surface area (Å²) in [4.78, 5) is 16.4. The number of furan rings is 1. The number of aromatic nitrogens is 1. The second-order valence-corrected chi connectivity index (χ2v) is 8.57. The van der Waals surface area contributed by atoms with Crippen molar-refractivity contribution < 1.29 is 22.4 Å². The molecule has 9 heteroatoms. The van der Waals surface area contributed by atoms with E-state index in [1.54, 1.807) is 36.7 Å². The lowest BCUT2D eigenvalue weighted by atomic mass is 10.1. The Hall–Kier alpha value is -2.75. The number of fused-ring (bicyclic) bond motifs is 1. The highest BCUT2D eigenvalue weighted by atomic mass is 32.2. The van der Waals surface area contributed by atoms with Crippen molar-refractivity contribution in [1.29, 1.82) is 0 Å². The Morgan fingerprint density at radius 1 is 1.14 bits per heavy atom. The van der Waals surface area contributed by atoms with Crippen LogP contribution in [0.25, 0.3) is 11.0 Å². The fourth-order valence-corrected chi connectivity index (χ4v) is 4.46. The zero-order valence-corrected chi connectivity index (χ0v) is 16.4. The van der Waals surface area contributed by atoms with E-state index in [1.807, 2.05) is 0 Å².